The predicted molar refractivity (Wildman–Crippen MR) is 279 cm³/mol. The van der Waals surface area contributed by atoms with E-state index >= 15 is 0 Å². The van der Waals surface area contributed by atoms with Crippen molar-refractivity contribution in [1.29, 1.82) is 0 Å². The van der Waals surface area contributed by atoms with E-state index in [0.717, 1.165) is 44.9 Å². The molecule has 0 aliphatic rings. The molecule has 11 heteroatoms. The summed E-state index contributed by atoms with van der Waals surface area (Å²) in [6.07, 6.45) is 57.4. The maximum absolute atomic E-state index is 12.7. The first kappa shape index (κ1) is 65.5. The van der Waals surface area contributed by atoms with Crippen LogP contribution >= 0.6 is 7.82 Å². The lowest BCUT2D eigenvalue weighted by molar-refractivity contribution is -0.161. The summed E-state index contributed by atoms with van der Waals surface area (Å²) >= 11 is 0. The molecule has 0 amide bonds. The molecule has 396 valence electrons. The lowest BCUT2D eigenvalue weighted by atomic mass is 10.0. The summed E-state index contributed by atoms with van der Waals surface area (Å²) in [5.41, 5.74) is 0. The van der Waals surface area contributed by atoms with Gasteiger partial charge in [0.2, 0.25) is 0 Å². The summed E-state index contributed by atoms with van der Waals surface area (Å²) in [7, 11) is -4.63. The van der Waals surface area contributed by atoms with Crippen molar-refractivity contribution in [3.63, 3.8) is 0 Å². The third-order valence-corrected chi connectivity index (χ3v) is 13.5. The second-order valence-corrected chi connectivity index (χ2v) is 20.8. The molecule has 0 aromatic carbocycles. The van der Waals surface area contributed by atoms with E-state index in [9.17, 15) is 24.2 Å². The van der Waals surface area contributed by atoms with E-state index in [0.29, 0.717) is 12.8 Å². The molecule has 0 aliphatic heterocycles. The van der Waals surface area contributed by atoms with E-state index in [1.165, 1.54) is 199 Å². The zero-order valence-corrected chi connectivity index (χ0v) is 44.5. The molecule has 1 unspecified atom stereocenters. The van der Waals surface area contributed by atoms with E-state index in [1.807, 2.05) is 0 Å². The fourth-order valence-corrected chi connectivity index (χ4v) is 9.04. The molecule has 3 atom stereocenters. The molecule has 0 aliphatic carbocycles. The van der Waals surface area contributed by atoms with Crippen molar-refractivity contribution in [1.82, 2.24) is 0 Å². The summed E-state index contributed by atoms with van der Waals surface area (Å²) in [5.74, 6) is -0.957. The molecule has 0 heterocycles. The lowest BCUT2D eigenvalue weighted by Crippen LogP contribution is -2.29. The molecule has 0 fully saturated rings. The lowest BCUT2D eigenvalue weighted by Gasteiger charge is -2.20. The molecule has 0 rings (SSSR count). The van der Waals surface area contributed by atoms with Crippen LogP contribution in [0.4, 0.5) is 0 Å². The Kier molecular flexibility index (Phi) is 51.1. The predicted octanol–water partition coefficient (Wildman–Crippen LogP) is 16.5. The van der Waals surface area contributed by atoms with Gasteiger partial charge in [0.15, 0.2) is 6.10 Å². The van der Waals surface area contributed by atoms with Crippen LogP contribution in [0, 0.1) is 0 Å². The molecule has 0 spiro atoms. The van der Waals surface area contributed by atoms with Gasteiger partial charge in [-0.2, -0.15) is 0 Å². The number of carbonyl (C=O) groups excluding carboxylic acids is 2. The third kappa shape index (κ3) is 52.1. The van der Waals surface area contributed by atoms with Gasteiger partial charge in [0.1, 0.15) is 12.7 Å². The van der Waals surface area contributed by atoms with Gasteiger partial charge >= 0.3 is 19.8 Å². The van der Waals surface area contributed by atoms with Gasteiger partial charge in [0.05, 0.1) is 19.8 Å². The van der Waals surface area contributed by atoms with Gasteiger partial charge in [-0.15, -0.1) is 0 Å². The molecule has 3 N–H and O–H groups in total. The van der Waals surface area contributed by atoms with Crippen molar-refractivity contribution in [2.45, 2.75) is 296 Å². The largest absolute Gasteiger partial charge is 0.472 e. The molecule has 10 nitrogen and oxygen atoms in total. The van der Waals surface area contributed by atoms with Crippen molar-refractivity contribution >= 4 is 19.8 Å². The van der Waals surface area contributed by atoms with Crippen molar-refractivity contribution in [3.05, 3.63) is 24.3 Å². The Balaban J connectivity index is 4.14. The Hall–Kier alpha value is -1.55. The average molecular weight is 971 g/mol. The van der Waals surface area contributed by atoms with E-state index in [1.54, 1.807) is 0 Å². The third-order valence-electron chi connectivity index (χ3n) is 12.6. The number of esters is 2. The van der Waals surface area contributed by atoms with Crippen LogP contribution in [0.2, 0.25) is 0 Å². The quantitative estimate of drug-likeness (QED) is 0.0233. The van der Waals surface area contributed by atoms with Gasteiger partial charge in [-0.05, 0) is 44.9 Å². The number of phosphoric acid groups is 1. The van der Waals surface area contributed by atoms with Crippen molar-refractivity contribution in [2.75, 3.05) is 26.4 Å². The topological polar surface area (TPSA) is 149 Å². The summed E-state index contributed by atoms with van der Waals surface area (Å²) in [6, 6.07) is 0. The van der Waals surface area contributed by atoms with Crippen LogP contribution in [-0.4, -0.2) is 65.7 Å². The van der Waals surface area contributed by atoms with Crippen LogP contribution in [0.3, 0.4) is 0 Å². The number of hydrogen-bond donors (Lipinski definition) is 3. The van der Waals surface area contributed by atoms with Crippen LogP contribution in [0.25, 0.3) is 0 Å². The molecule has 0 aromatic heterocycles. The Labute approximate surface area is 412 Å². The Morgan fingerprint density at radius 3 is 1.16 bits per heavy atom. The maximum Gasteiger partial charge on any atom is 0.472 e. The summed E-state index contributed by atoms with van der Waals surface area (Å²) in [6.45, 7) is 2.41. The normalized spacial score (nSPS) is 13.7. The fraction of sp³-hybridized carbons (Fsp3) is 0.893. The molecule has 0 aromatic rings. The smallest absolute Gasteiger partial charge is 0.462 e. The second kappa shape index (κ2) is 52.3. The number of phosphoric ester groups is 1. The second-order valence-electron chi connectivity index (χ2n) is 19.3. The Morgan fingerprint density at radius 2 is 0.761 bits per heavy atom. The maximum atomic E-state index is 12.7. The van der Waals surface area contributed by atoms with Gasteiger partial charge in [0.25, 0.3) is 0 Å². The van der Waals surface area contributed by atoms with E-state index in [-0.39, 0.29) is 19.4 Å². The van der Waals surface area contributed by atoms with Crippen LogP contribution in [0.5, 0.6) is 0 Å². The zero-order chi connectivity index (χ0) is 49.0. The first-order chi connectivity index (χ1) is 32.7. The standard InChI is InChI=1S/C56H107O10P/c1-3-5-7-9-11-13-15-17-19-21-23-25-26-28-29-31-33-35-37-39-41-43-45-47-55(59)63-51-54(52-65-67(61,62)64-50-53(58)49-57)66-56(60)48-46-44-42-40-38-36-34-32-30-27-24-22-20-18-16-14-12-10-8-6-4-2/h31,33,39,41,53-54,57-58H,3-30,32,34-38,40,42-52H2,1-2H3,(H,61,62)/b33-31+,41-39+/t53-,54+/m0/s1. The number of aliphatic hydroxyl groups excluding tert-OH is 2. The highest BCUT2D eigenvalue weighted by molar-refractivity contribution is 7.47. The number of allylic oxidation sites excluding steroid dienone is 4. The van der Waals surface area contributed by atoms with Crippen molar-refractivity contribution in [2.24, 2.45) is 0 Å². The molecule has 0 bridgehead atoms. The monoisotopic (exact) mass is 971 g/mol. The van der Waals surface area contributed by atoms with E-state index in [4.69, 9.17) is 23.6 Å². The summed E-state index contributed by atoms with van der Waals surface area (Å²) in [4.78, 5) is 35.2. The summed E-state index contributed by atoms with van der Waals surface area (Å²) in [5, 5.41) is 18.4. The first-order valence-electron chi connectivity index (χ1n) is 28.3. The highest BCUT2D eigenvalue weighted by atomic mass is 31.2. The molecule has 67 heavy (non-hydrogen) atoms. The van der Waals surface area contributed by atoms with Crippen LogP contribution in [-0.2, 0) is 32.7 Å². The SMILES string of the molecule is CCCCCCCCCCCCCCCC/C=C/CC/C=C/CCCC(=O)OC[C@H](COP(=O)(O)OC[C@@H](O)CO)OC(=O)CCCCCCCCCCCCCCCCCCCCCCC. The minimum atomic E-state index is -4.63. The van der Waals surface area contributed by atoms with E-state index < -0.39 is 51.8 Å². The van der Waals surface area contributed by atoms with Crippen LogP contribution in [0.15, 0.2) is 24.3 Å². The number of hydrogen-bond acceptors (Lipinski definition) is 9. The highest BCUT2D eigenvalue weighted by Crippen LogP contribution is 2.43. The summed E-state index contributed by atoms with van der Waals surface area (Å²) < 4.78 is 32.9. The number of unbranched alkanes of at least 4 members (excludes halogenated alkanes) is 36. The number of ether oxygens (including phenoxy) is 2. The minimum absolute atomic E-state index is 0.182. The van der Waals surface area contributed by atoms with Crippen molar-refractivity contribution < 1.29 is 47.8 Å². The number of carbonyl (C=O) groups is 2. The zero-order valence-electron chi connectivity index (χ0n) is 43.6. The van der Waals surface area contributed by atoms with E-state index in [2.05, 4.69) is 38.2 Å². The Bertz CT molecular complexity index is 1160. The molecule has 0 saturated carbocycles. The average Bonchev–Trinajstić information content (AvgIpc) is 3.32. The van der Waals surface area contributed by atoms with Gasteiger partial charge < -0.3 is 24.6 Å². The fourth-order valence-electron chi connectivity index (χ4n) is 8.25. The Morgan fingerprint density at radius 1 is 0.433 bits per heavy atom. The highest BCUT2D eigenvalue weighted by Gasteiger charge is 2.27. The van der Waals surface area contributed by atoms with Crippen molar-refractivity contribution in [3.8, 4) is 0 Å². The van der Waals surface area contributed by atoms with Crippen LogP contribution in [0.1, 0.15) is 284 Å². The number of aliphatic hydroxyl groups is 2. The number of rotatable bonds is 54. The molecule has 0 radical (unpaired) electrons. The van der Waals surface area contributed by atoms with Gasteiger partial charge in [0, 0.05) is 12.8 Å². The molecular formula is C56H107O10P. The molecule has 0 saturated heterocycles. The van der Waals surface area contributed by atoms with Gasteiger partial charge in [-0.25, -0.2) is 4.57 Å². The van der Waals surface area contributed by atoms with Gasteiger partial charge in [-0.1, -0.05) is 250 Å². The first-order valence-corrected chi connectivity index (χ1v) is 29.8. The van der Waals surface area contributed by atoms with Gasteiger partial charge in [-0.3, -0.25) is 18.6 Å². The molecular weight excluding hydrogens is 864 g/mol. The minimum Gasteiger partial charge on any atom is -0.462 e. The van der Waals surface area contributed by atoms with Crippen LogP contribution < -0.4 is 0 Å².